The Hall–Kier alpha value is -3.29. The first-order valence-electron chi connectivity index (χ1n) is 7.80. The van der Waals surface area contributed by atoms with Crippen molar-refractivity contribution in [2.45, 2.75) is 6.92 Å². The van der Waals surface area contributed by atoms with Gasteiger partial charge in [-0.05, 0) is 60.5 Å². The van der Waals surface area contributed by atoms with Crippen LogP contribution in [0, 0.1) is 18.3 Å². The Balaban J connectivity index is 1.97. The van der Waals surface area contributed by atoms with Crippen LogP contribution in [0.25, 0.3) is 23.0 Å². The number of allylic oxidation sites excluding steroid dienone is 1. The molecule has 4 nitrogen and oxygen atoms in total. The lowest BCUT2D eigenvalue weighted by atomic mass is 10.0. The van der Waals surface area contributed by atoms with E-state index in [1.165, 1.54) is 0 Å². The zero-order chi connectivity index (χ0) is 18.7. The quantitative estimate of drug-likeness (QED) is 0.606. The number of nitriles is 1. The number of furan rings is 1. The Morgan fingerprint density at radius 2 is 1.81 bits per heavy atom. The molecule has 0 amide bonds. The summed E-state index contributed by atoms with van der Waals surface area (Å²) < 4.78 is 5.82. The molecule has 0 saturated heterocycles. The summed E-state index contributed by atoms with van der Waals surface area (Å²) in [6.07, 6.45) is 1.64. The fourth-order valence-electron chi connectivity index (χ4n) is 2.55. The van der Waals surface area contributed by atoms with Crippen molar-refractivity contribution in [3.05, 3.63) is 82.1 Å². The van der Waals surface area contributed by atoms with Gasteiger partial charge in [0.15, 0.2) is 0 Å². The third-order valence-corrected chi connectivity index (χ3v) is 4.19. The van der Waals surface area contributed by atoms with Crippen molar-refractivity contribution in [2.75, 3.05) is 0 Å². The minimum atomic E-state index is -0.993. The smallest absolute Gasteiger partial charge is 0.335 e. The van der Waals surface area contributed by atoms with Gasteiger partial charge >= 0.3 is 5.97 Å². The normalized spacial score (nSPS) is 11.2. The van der Waals surface area contributed by atoms with Crippen molar-refractivity contribution in [2.24, 2.45) is 0 Å². The molecule has 1 N–H and O–H groups in total. The molecule has 1 aromatic heterocycles. The van der Waals surface area contributed by atoms with Crippen LogP contribution in [-0.2, 0) is 0 Å². The van der Waals surface area contributed by atoms with Crippen LogP contribution in [0.5, 0.6) is 0 Å². The lowest BCUT2D eigenvalue weighted by molar-refractivity contribution is 0.0697. The average Bonchev–Trinajstić information content (AvgIpc) is 3.09. The molecule has 2 aromatic carbocycles. The molecule has 0 aliphatic rings. The first kappa shape index (κ1) is 17.5. The number of hydrogen-bond donors (Lipinski definition) is 1. The Morgan fingerprint density at radius 3 is 2.46 bits per heavy atom. The second-order valence-electron chi connectivity index (χ2n) is 5.71. The molecule has 0 atom stereocenters. The summed E-state index contributed by atoms with van der Waals surface area (Å²) in [4.78, 5) is 11.2. The topological polar surface area (TPSA) is 74.2 Å². The Labute approximate surface area is 155 Å². The van der Waals surface area contributed by atoms with E-state index in [1.807, 2.05) is 6.92 Å². The van der Waals surface area contributed by atoms with Crippen LogP contribution in [-0.4, -0.2) is 11.1 Å². The van der Waals surface area contributed by atoms with E-state index in [-0.39, 0.29) is 5.56 Å². The van der Waals surface area contributed by atoms with Crippen LogP contribution in [0.2, 0.25) is 5.02 Å². The van der Waals surface area contributed by atoms with Gasteiger partial charge in [0.2, 0.25) is 0 Å². The summed E-state index contributed by atoms with van der Waals surface area (Å²) in [5.74, 6) is 0.0595. The van der Waals surface area contributed by atoms with Gasteiger partial charge in [-0.2, -0.15) is 5.26 Å². The molecule has 128 valence electrons. The molecule has 0 spiro atoms. The summed E-state index contributed by atoms with van der Waals surface area (Å²) in [5.41, 5.74) is 2.98. The SMILES string of the molecule is Cc1ccc(C(=O)O)cc1-c1ccc(C=C(C#N)c2ccc(Cl)cc2)o1. The Bertz CT molecular complexity index is 1040. The molecule has 26 heavy (non-hydrogen) atoms. The van der Waals surface area contributed by atoms with E-state index in [1.54, 1.807) is 60.7 Å². The molecule has 0 bridgehead atoms. The number of nitrogens with zero attached hydrogens (tertiary/aromatic N) is 1. The Kier molecular flexibility index (Phi) is 4.92. The summed E-state index contributed by atoms with van der Waals surface area (Å²) in [6, 6.07) is 17.5. The molecule has 0 fully saturated rings. The van der Waals surface area contributed by atoms with Crippen molar-refractivity contribution in [3.63, 3.8) is 0 Å². The molecule has 0 saturated carbocycles. The largest absolute Gasteiger partial charge is 0.478 e. The van der Waals surface area contributed by atoms with Crippen molar-refractivity contribution in [3.8, 4) is 17.4 Å². The number of carboxylic acid groups (broad SMARTS) is 1. The van der Waals surface area contributed by atoms with Gasteiger partial charge in [0.1, 0.15) is 11.5 Å². The standard InChI is InChI=1S/C21H14ClNO3/c1-13-2-3-15(21(24)25)11-19(13)20-9-8-18(26-20)10-16(12-23)14-4-6-17(22)7-5-14/h2-11H,1H3,(H,24,25). The fourth-order valence-corrected chi connectivity index (χ4v) is 2.67. The fraction of sp³-hybridized carbons (Fsp3) is 0.0476. The van der Waals surface area contributed by atoms with Crippen molar-refractivity contribution in [1.29, 1.82) is 5.26 Å². The summed E-state index contributed by atoms with van der Waals surface area (Å²) in [5, 5.41) is 19.2. The van der Waals surface area contributed by atoms with Crippen LogP contribution in [0.4, 0.5) is 0 Å². The van der Waals surface area contributed by atoms with Crippen LogP contribution < -0.4 is 0 Å². The molecular weight excluding hydrogens is 350 g/mol. The van der Waals surface area contributed by atoms with E-state index < -0.39 is 5.97 Å². The zero-order valence-corrected chi connectivity index (χ0v) is 14.6. The minimum absolute atomic E-state index is 0.193. The van der Waals surface area contributed by atoms with Gasteiger partial charge in [0.25, 0.3) is 0 Å². The van der Waals surface area contributed by atoms with Gasteiger partial charge in [-0.15, -0.1) is 0 Å². The summed E-state index contributed by atoms with van der Waals surface area (Å²) in [7, 11) is 0. The lowest BCUT2D eigenvalue weighted by Crippen LogP contribution is -1.96. The first-order chi connectivity index (χ1) is 12.5. The second kappa shape index (κ2) is 7.30. The van der Waals surface area contributed by atoms with Gasteiger partial charge in [-0.25, -0.2) is 4.79 Å². The number of hydrogen-bond acceptors (Lipinski definition) is 3. The highest BCUT2D eigenvalue weighted by Crippen LogP contribution is 2.28. The van der Waals surface area contributed by atoms with Crippen molar-refractivity contribution in [1.82, 2.24) is 0 Å². The number of carboxylic acids is 1. The Morgan fingerprint density at radius 1 is 1.12 bits per heavy atom. The number of aromatic carboxylic acids is 1. The number of aryl methyl sites for hydroxylation is 1. The van der Waals surface area contributed by atoms with Crippen LogP contribution in [0.15, 0.2) is 59.0 Å². The monoisotopic (exact) mass is 363 g/mol. The second-order valence-corrected chi connectivity index (χ2v) is 6.15. The van der Waals surface area contributed by atoms with Gasteiger partial charge in [-0.1, -0.05) is 29.8 Å². The molecule has 0 unspecified atom stereocenters. The number of halogens is 1. The first-order valence-corrected chi connectivity index (χ1v) is 8.17. The zero-order valence-electron chi connectivity index (χ0n) is 13.9. The highest BCUT2D eigenvalue weighted by molar-refractivity contribution is 6.30. The summed E-state index contributed by atoms with van der Waals surface area (Å²) in [6.45, 7) is 1.88. The molecule has 3 aromatic rings. The van der Waals surface area contributed by atoms with Gasteiger partial charge in [0, 0.05) is 10.6 Å². The van der Waals surface area contributed by atoms with Crippen molar-refractivity contribution < 1.29 is 14.3 Å². The number of carbonyl (C=O) groups is 1. The highest BCUT2D eigenvalue weighted by Gasteiger charge is 2.11. The van der Waals surface area contributed by atoms with Crippen LogP contribution >= 0.6 is 11.6 Å². The summed E-state index contributed by atoms with van der Waals surface area (Å²) >= 11 is 5.88. The lowest BCUT2D eigenvalue weighted by Gasteiger charge is -2.04. The van der Waals surface area contributed by atoms with E-state index in [4.69, 9.17) is 21.1 Å². The van der Waals surface area contributed by atoms with Crippen molar-refractivity contribution >= 4 is 29.2 Å². The number of rotatable bonds is 4. The van der Waals surface area contributed by atoms with E-state index in [0.717, 1.165) is 11.1 Å². The van der Waals surface area contributed by atoms with Crippen LogP contribution in [0.3, 0.4) is 0 Å². The predicted octanol–water partition coefficient (Wildman–Crippen LogP) is 5.67. The maximum atomic E-state index is 11.2. The predicted molar refractivity (Wildman–Crippen MR) is 101 cm³/mol. The number of benzene rings is 2. The third-order valence-electron chi connectivity index (χ3n) is 3.94. The third kappa shape index (κ3) is 3.69. The van der Waals surface area contributed by atoms with E-state index in [9.17, 15) is 10.1 Å². The minimum Gasteiger partial charge on any atom is -0.478 e. The molecule has 3 rings (SSSR count). The molecule has 0 radical (unpaired) electrons. The van der Waals surface area contributed by atoms with Crippen LogP contribution in [0.1, 0.15) is 27.2 Å². The molecular formula is C21H14ClNO3. The average molecular weight is 364 g/mol. The molecule has 0 aliphatic heterocycles. The maximum Gasteiger partial charge on any atom is 0.335 e. The molecule has 1 heterocycles. The van der Waals surface area contributed by atoms with E-state index in [2.05, 4.69) is 6.07 Å². The van der Waals surface area contributed by atoms with Gasteiger partial charge in [-0.3, -0.25) is 0 Å². The van der Waals surface area contributed by atoms with Gasteiger partial charge in [0.05, 0.1) is 17.2 Å². The van der Waals surface area contributed by atoms with Gasteiger partial charge < -0.3 is 9.52 Å². The van der Waals surface area contributed by atoms with E-state index >= 15 is 0 Å². The van der Waals surface area contributed by atoms with E-state index in [0.29, 0.717) is 27.7 Å². The highest BCUT2D eigenvalue weighted by atomic mass is 35.5. The molecule has 5 heteroatoms. The maximum absolute atomic E-state index is 11.2. The molecule has 0 aliphatic carbocycles.